The fourth-order valence-electron chi connectivity index (χ4n) is 1.90. The van der Waals surface area contributed by atoms with Crippen LogP contribution >= 0.6 is 0 Å². The molecule has 0 saturated heterocycles. The second-order valence-corrected chi connectivity index (χ2v) is 4.22. The molecule has 0 bridgehead atoms. The van der Waals surface area contributed by atoms with E-state index in [1.807, 2.05) is 32.0 Å². The van der Waals surface area contributed by atoms with Crippen LogP contribution in [0.4, 0.5) is 0 Å². The van der Waals surface area contributed by atoms with Crippen LogP contribution in [0.25, 0.3) is 11.3 Å². The lowest BCUT2D eigenvalue weighted by atomic mass is 10.0. The first-order chi connectivity index (χ1) is 9.04. The smallest absolute Gasteiger partial charge is 0.375 e. The minimum absolute atomic E-state index is 0.140. The molecule has 5 heteroatoms. The number of aromatic carboxylic acids is 1. The third-order valence-electron chi connectivity index (χ3n) is 2.81. The molecule has 1 aromatic heterocycles. The highest BCUT2D eigenvalue weighted by Crippen LogP contribution is 2.33. The van der Waals surface area contributed by atoms with Crippen molar-refractivity contribution in [3.63, 3.8) is 0 Å². The number of carboxylic acids is 1. The van der Waals surface area contributed by atoms with Crippen LogP contribution < -0.4 is 4.74 Å². The largest absolute Gasteiger partial charge is 0.493 e. The molecule has 0 radical (unpaired) electrons. The molecule has 100 valence electrons. The minimum Gasteiger partial charge on any atom is -0.493 e. The molecule has 0 amide bonds. The topological polar surface area (TPSA) is 72.6 Å². The van der Waals surface area contributed by atoms with Gasteiger partial charge in [0.1, 0.15) is 11.4 Å². The summed E-state index contributed by atoms with van der Waals surface area (Å²) in [6.45, 7) is 6.04. The van der Waals surface area contributed by atoms with Crippen molar-refractivity contribution in [1.82, 2.24) is 5.16 Å². The Morgan fingerprint density at radius 3 is 2.74 bits per heavy atom. The standard InChI is InChI=1S/C14H15NO4/c1-4-18-11-6-5-8(2)7-10(11)12-9(3)13(14(16)17)19-15-12/h5-7H,4H2,1-3H3,(H,16,17). The van der Waals surface area contributed by atoms with Crippen molar-refractivity contribution in [2.45, 2.75) is 20.8 Å². The lowest BCUT2D eigenvalue weighted by molar-refractivity contribution is 0.0651. The minimum atomic E-state index is -1.12. The van der Waals surface area contributed by atoms with Crippen molar-refractivity contribution in [2.75, 3.05) is 6.61 Å². The highest BCUT2D eigenvalue weighted by Gasteiger charge is 2.21. The Kier molecular flexibility index (Phi) is 3.55. The molecule has 1 N–H and O–H groups in total. The second-order valence-electron chi connectivity index (χ2n) is 4.22. The van der Waals surface area contributed by atoms with Gasteiger partial charge in [0, 0.05) is 11.1 Å². The molecule has 19 heavy (non-hydrogen) atoms. The van der Waals surface area contributed by atoms with Crippen molar-refractivity contribution in [3.8, 4) is 17.0 Å². The maximum Gasteiger partial charge on any atom is 0.375 e. The van der Waals surface area contributed by atoms with E-state index >= 15 is 0 Å². The van der Waals surface area contributed by atoms with E-state index in [1.165, 1.54) is 0 Å². The van der Waals surface area contributed by atoms with Gasteiger partial charge in [-0.05, 0) is 32.9 Å². The molecule has 5 nitrogen and oxygen atoms in total. The van der Waals surface area contributed by atoms with E-state index in [0.29, 0.717) is 23.6 Å². The molecule has 0 atom stereocenters. The fourth-order valence-corrected chi connectivity index (χ4v) is 1.90. The zero-order valence-electron chi connectivity index (χ0n) is 11.1. The van der Waals surface area contributed by atoms with Crippen molar-refractivity contribution in [1.29, 1.82) is 0 Å². The first kappa shape index (κ1) is 13.1. The van der Waals surface area contributed by atoms with E-state index in [2.05, 4.69) is 5.16 Å². The number of hydrogen-bond donors (Lipinski definition) is 1. The van der Waals surface area contributed by atoms with Crippen molar-refractivity contribution < 1.29 is 19.2 Å². The zero-order chi connectivity index (χ0) is 14.0. The van der Waals surface area contributed by atoms with Gasteiger partial charge in [-0.1, -0.05) is 16.8 Å². The number of rotatable bonds is 4. The normalized spacial score (nSPS) is 10.5. The summed E-state index contributed by atoms with van der Waals surface area (Å²) in [7, 11) is 0. The first-order valence-corrected chi connectivity index (χ1v) is 5.98. The summed E-state index contributed by atoms with van der Waals surface area (Å²) in [5.41, 5.74) is 2.79. The Morgan fingerprint density at radius 2 is 2.16 bits per heavy atom. The summed E-state index contributed by atoms with van der Waals surface area (Å²) in [6, 6.07) is 5.69. The van der Waals surface area contributed by atoms with Gasteiger partial charge in [0.2, 0.25) is 5.76 Å². The second kappa shape index (κ2) is 5.14. The predicted molar refractivity (Wildman–Crippen MR) is 69.5 cm³/mol. The van der Waals surface area contributed by atoms with Crippen LogP contribution in [0, 0.1) is 13.8 Å². The number of nitrogens with zero attached hydrogens (tertiary/aromatic N) is 1. The number of aromatic nitrogens is 1. The number of hydrogen-bond acceptors (Lipinski definition) is 4. The molecule has 0 fully saturated rings. The number of aryl methyl sites for hydroxylation is 1. The average Bonchev–Trinajstić information content (AvgIpc) is 2.74. The quantitative estimate of drug-likeness (QED) is 0.915. The summed E-state index contributed by atoms with van der Waals surface area (Å²) >= 11 is 0. The van der Waals surface area contributed by atoms with Gasteiger partial charge < -0.3 is 14.4 Å². The molecule has 0 spiro atoms. The van der Waals surface area contributed by atoms with E-state index in [9.17, 15) is 4.79 Å². The van der Waals surface area contributed by atoms with Gasteiger partial charge in [-0.15, -0.1) is 0 Å². The molecule has 1 aromatic carbocycles. The molecule has 0 saturated carbocycles. The molecule has 0 aliphatic carbocycles. The highest BCUT2D eigenvalue weighted by molar-refractivity contribution is 5.88. The van der Waals surface area contributed by atoms with Crippen LogP contribution in [0.1, 0.15) is 28.6 Å². The van der Waals surface area contributed by atoms with E-state index in [-0.39, 0.29) is 5.76 Å². The van der Waals surface area contributed by atoms with Gasteiger partial charge >= 0.3 is 5.97 Å². The summed E-state index contributed by atoms with van der Waals surface area (Å²) in [5, 5.41) is 12.8. The summed E-state index contributed by atoms with van der Waals surface area (Å²) in [5.74, 6) is -0.595. The molecule has 0 aliphatic rings. The average molecular weight is 261 g/mol. The van der Waals surface area contributed by atoms with E-state index in [4.69, 9.17) is 14.4 Å². The van der Waals surface area contributed by atoms with Gasteiger partial charge in [0.15, 0.2) is 0 Å². The maximum absolute atomic E-state index is 11.0. The van der Waals surface area contributed by atoms with Crippen LogP contribution in [0.3, 0.4) is 0 Å². The fraction of sp³-hybridized carbons (Fsp3) is 0.286. The lowest BCUT2D eigenvalue weighted by Crippen LogP contribution is -1.97. The number of ether oxygens (including phenoxy) is 1. The molecule has 0 aliphatic heterocycles. The Hall–Kier alpha value is -2.30. The molecular formula is C14H15NO4. The van der Waals surface area contributed by atoms with Crippen LogP contribution in [0.2, 0.25) is 0 Å². The van der Waals surface area contributed by atoms with E-state index in [1.54, 1.807) is 6.92 Å². The number of carbonyl (C=O) groups is 1. The zero-order valence-corrected chi connectivity index (χ0v) is 11.1. The summed E-state index contributed by atoms with van der Waals surface area (Å²) in [6.07, 6.45) is 0. The van der Waals surface area contributed by atoms with Crippen molar-refractivity contribution in [3.05, 3.63) is 35.1 Å². The van der Waals surface area contributed by atoms with Crippen LogP contribution in [-0.2, 0) is 0 Å². The third kappa shape index (κ3) is 2.45. The predicted octanol–water partition coefficient (Wildman–Crippen LogP) is 3.06. The lowest BCUT2D eigenvalue weighted by Gasteiger charge is -2.09. The molecular weight excluding hydrogens is 246 g/mol. The molecule has 2 aromatic rings. The van der Waals surface area contributed by atoms with E-state index < -0.39 is 5.97 Å². The molecule has 0 unspecified atom stereocenters. The van der Waals surface area contributed by atoms with Crippen molar-refractivity contribution >= 4 is 5.97 Å². The number of benzene rings is 1. The Labute approximate surface area is 110 Å². The Morgan fingerprint density at radius 1 is 1.42 bits per heavy atom. The van der Waals surface area contributed by atoms with Crippen LogP contribution in [0.5, 0.6) is 5.75 Å². The third-order valence-corrected chi connectivity index (χ3v) is 2.81. The van der Waals surface area contributed by atoms with Gasteiger partial charge in [0.05, 0.1) is 6.61 Å². The van der Waals surface area contributed by atoms with Crippen molar-refractivity contribution in [2.24, 2.45) is 0 Å². The van der Waals surface area contributed by atoms with Gasteiger partial charge in [-0.3, -0.25) is 0 Å². The Bertz CT molecular complexity index is 616. The SMILES string of the molecule is CCOc1ccc(C)cc1-c1noc(C(=O)O)c1C. The highest BCUT2D eigenvalue weighted by atomic mass is 16.5. The first-order valence-electron chi connectivity index (χ1n) is 5.98. The maximum atomic E-state index is 11.0. The van der Waals surface area contributed by atoms with E-state index in [0.717, 1.165) is 11.1 Å². The molecule has 2 rings (SSSR count). The number of carboxylic acid groups (broad SMARTS) is 1. The summed E-state index contributed by atoms with van der Waals surface area (Å²) in [4.78, 5) is 11.0. The van der Waals surface area contributed by atoms with Gasteiger partial charge in [0.25, 0.3) is 0 Å². The van der Waals surface area contributed by atoms with Crippen LogP contribution in [-0.4, -0.2) is 22.8 Å². The van der Waals surface area contributed by atoms with Gasteiger partial charge in [-0.25, -0.2) is 4.79 Å². The monoisotopic (exact) mass is 261 g/mol. The Balaban J connectivity index is 2.57. The van der Waals surface area contributed by atoms with Crippen LogP contribution in [0.15, 0.2) is 22.7 Å². The van der Waals surface area contributed by atoms with Gasteiger partial charge in [-0.2, -0.15) is 0 Å². The molecule has 1 heterocycles. The summed E-state index contributed by atoms with van der Waals surface area (Å²) < 4.78 is 10.4.